The van der Waals surface area contributed by atoms with Crippen LogP contribution in [0.1, 0.15) is 5.56 Å². The molecule has 0 spiro atoms. The minimum atomic E-state index is -1.06. The molecule has 5 nitrogen and oxygen atoms in total. The van der Waals surface area contributed by atoms with E-state index in [-0.39, 0.29) is 6.54 Å². The van der Waals surface area contributed by atoms with Crippen LogP contribution in [0.15, 0.2) is 36.4 Å². The molecule has 2 aliphatic heterocycles. The quantitative estimate of drug-likeness (QED) is 0.814. The number of rotatable bonds is 4. The van der Waals surface area contributed by atoms with Crippen molar-refractivity contribution in [2.24, 2.45) is 11.8 Å². The van der Waals surface area contributed by atoms with Crippen LogP contribution in [0.3, 0.4) is 0 Å². The van der Waals surface area contributed by atoms with Crippen molar-refractivity contribution in [3.8, 4) is 0 Å². The van der Waals surface area contributed by atoms with Crippen molar-refractivity contribution >= 4 is 11.9 Å². The van der Waals surface area contributed by atoms with Gasteiger partial charge in [0.15, 0.2) is 0 Å². The molecule has 110 valence electrons. The number of carboxylic acids is 1. The van der Waals surface area contributed by atoms with E-state index in [0.717, 1.165) is 0 Å². The summed E-state index contributed by atoms with van der Waals surface area (Å²) in [5.41, 5.74) is 0.359. The van der Waals surface area contributed by atoms with E-state index in [2.05, 4.69) is 5.32 Å². The topological polar surface area (TPSA) is 75.6 Å². The average Bonchev–Trinajstić information content (AvgIpc) is 3.06. The van der Waals surface area contributed by atoms with Gasteiger partial charge in [0.2, 0.25) is 5.91 Å². The summed E-state index contributed by atoms with van der Waals surface area (Å²) in [4.78, 5) is 23.5. The predicted octanol–water partition coefficient (Wildman–Crippen LogP) is 1.10. The van der Waals surface area contributed by atoms with Crippen molar-refractivity contribution < 1.29 is 23.8 Å². The number of aliphatic carboxylic acids is 1. The van der Waals surface area contributed by atoms with Crippen LogP contribution in [0, 0.1) is 17.7 Å². The Bertz CT molecular complexity index is 615. The zero-order valence-corrected chi connectivity index (χ0v) is 11.0. The molecule has 2 bridgehead atoms. The molecular weight excluding hydrogens is 277 g/mol. The Morgan fingerprint density at radius 3 is 2.52 bits per heavy atom. The lowest BCUT2D eigenvalue weighted by Gasteiger charge is -2.21. The number of carbonyl (C=O) groups is 2. The molecule has 6 heteroatoms. The highest BCUT2D eigenvalue weighted by Gasteiger charge is 2.53. The summed E-state index contributed by atoms with van der Waals surface area (Å²) in [6.07, 6.45) is 2.30. The van der Waals surface area contributed by atoms with Gasteiger partial charge in [-0.15, -0.1) is 0 Å². The third-order valence-corrected chi connectivity index (χ3v) is 3.90. The highest BCUT2D eigenvalue weighted by Crippen LogP contribution is 2.39. The van der Waals surface area contributed by atoms with E-state index < -0.39 is 41.7 Å². The Morgan fingerprint density at radius 1 is 1.19 bits per heavy atom. The Labute approximate surface area is 120 Å². The van der Waals surface area contributed by atoms with Crippen LogP contribution in [-0.2, 0) is 20.9 Å². The SMILES string of the molecule is O=C(O)[C@@H]1[C@H](C(=O)NCc2ccccc2F)[C@@H]2C=C[C@H]1O2. The molecule has 1 amide bonds. The first-order valence-corrected chi connectivity index (χ1v) is 6.65. The number of amides is 1. The Hall–Kier alpha value is -2.21. The predicted molar refractivity (Wildman–Crippen MR) is 70.7 cm³/mol. The van der Waals surface area contributed by atoms with Gasteiger partial charge in [0.1, 0.15) is 11.7 Å². The summed E-state index contributed by atoms with van der Waals surface area (Å²) < 4.78 is 18.9. The van der Waals surface area contributed by atoms with E-state index in [4.69, 9.17) is 4.74 Å². The van der Waals surface area contributed by atoms with Crippen LogP contribution in [-0.4, -0.2) is 29.2 Å². The summed E-state index contributed by atoms with van der Waals surface area (Å²) in [5, 5.41) is 11.8. The summed E-state index contributed by atoms with van der Waals surface area (Å²) in [6, 6.07) is 6.12. The molecule has 2 N–H and O–H groups in total. The van der Waals surface area contributed by atoms with E-state index in [1.807, 2.05) is 0 Å². The lowest BCUT2D eigenvalue weighted by atomic mass is 9.82. The summed E-state index contributed by atoms with van der Waals surface area (Å²) in [5.74, 6) is -3.55. The first-order valence-electron chi connectivity index (χ1n) is 6.65. The molecule has 2 heterocycles. The first-order chi connectivity index (χ1) is 10.1. The van der Waals surface area contributed by atoms with Crippen LogP contribution < -0.4 is 5.32 Å². The fourth-order valence-electron chi connectivity index (χ4n) is 2.86. The van der Waals surface area contributed by atoms with Crippen molar-refractivity contribution in [2.45, 2.75) is 18.8 Å². The monoisotopic (exact) mass is 291 g/mol. The Balaban J connectivity index is 1.69. The van der Waals surface area contributed by atoms with E-state index in [1.165, 1.54) is 6.07 Å². The lowest BCUT2D eigenvalue weighted by Crippen LogP contribution is -2.42. The molecule has 0 aromatic heterocycles. The summed E-state index contributed by atoms with van der Waals surface area (Å²) >= 11 is 0. The highest BCUT2D eigenvalue weighted by molar-refractivity contribution is 5.87. The van der Waals surface area contributed by atoms with Crippen LogP contribution in [0.5, 0.6) is 0 Å². The number of carboxylic acid groups (broad SMARTS) is 1. The number of ether oxygens (including phenoxy) is 1. The van der Waals surface area contributed by atoms with Crippen molar-refractivity contribution in [2.75, 3.05) is 0 Å². The standard InChI is InChI=1S/C15H14FNO4/c16-9-4-2-1-3-8(9)7-17-14(18)12-10-5-6-11(21-10)13(12)15(19)20/h1-6,10-13H,7H2,(H,17,18)(H,19,20)/t10-,11+,12+,13-/m0/s1. The van der Waals surface area contributed by atoms with Gasteiger partial charge in [0.25, 0.3) is 0 Å². The van der Waals surface area contributed by atoms with E-state index in [1.54, 1.807) is 30.4 Å². The van der Waals surface area contributed by atoms with Crippen molar-refractivity contribution in [1.29, 1.82) is 0 Å². The molecule has 21 heavy (non-hydrogen) atoms. The fourth-order valence-corrected chi connectivity index (χ4v) is 2.86. The molecule has 0 radical (unpaired) electrons. The molecule has 1 aromatic rings. The van der Waals surface area contributed by atoms with Gasteiger partial charge in [-0.3, -0.25) is 9.59 Å². The third-order valence-electron chi connectivity index (χ3n) is 3.90. The molecule has 2 aliphatic rings. The number of hydrogen-bond donors (Lipinski definition) is 2. The van der Waals surface area contributed by atoms with Crippen LogP contribution in [0.2, 0.25) is 0 Å². The second-order valence-corrected chi connectivity index (χ2v) is 5.15. The molecule has 1 fully saturated rings. The lowest BCUT2D eigenvalue weighted by molar-refractivity contribution is -0.146. The Morgan fingerprint density at radius 2 is 1.86 bits per heavy atom. The molecule has 0 aliphatic carbocycles. The van der Waals surface area contributed by atoms with Gasteiger partial charge in [0.05, 0.1) is 18.1 Å². The number of benzene rings is 1. The fraction of sp³-hybridized carbons (Fsp3) is 0.333. The highest BCUT2D eigenvalue weighted by atomic mass is 19.1. The van der Waals surface area contributed by atoms with Gasteiger partial charge < -0.3 is 15.2 Å². The van der Waals surface area contributed by atoms with Crippen molar-refractivity contribution in [3.05, 3.63) is 47.8 Å². The zero-order chi connectivity index (χ0) is 15.0. The maximum absolute atomic E-state index is 13.5. The van der Waals surface area contributed by atoms with Gasteiger partial charge in [-0.1, -0.05) is 30.4 Å². The molecule has 0 saturated carbocycles. The molecule has 0 unspecified atom stereocenters. The maximum Gasteiger partial charge on any atom is 0.310 e. The number of nitrogens with one attached hydrogen (secondary N) is 1. The molecule has 1 aromatic carbocycles. The van der Waals surface area contributed by atoms with Gasteiger partial charge >= 0.3 is 5.97 Å². The van der Waals surface area contributed by atoms with E-state index in [0.29, 0.717) is 5.56 Å². The molecule has 4 atom stereocenters. The minimum absolute atomic E-state index is 0.0233. The summed E-state index contributed by atoms with van der Waals surface area (Å²) in [6.45, 7) is 0.0233. The number of halogens is 1. The number of hydrogen-bond acceptors (Lipinski definition) is 3. The van der Waals surface area contributed by atoms with E-state index >= 15 is 0 Å². The number of fused-ring (bicyclic) bond motifs is 2. The van der Waals surface area contributed by atoms with Crippen LogP contribution in [0.4, 0.5) is 4.39 Å². The summed E-state index contributed by atoms with van der Waals surface area (Å²) in [7, 11) is 0. The molecular formula is C15H14FNO4. The normalized spacial score (nSPS) is 29.6. The average molecular weight is 291 g/mol. The first kappa shape index (κ1) is 13.8. The van der Waals surface area contributed by atoms with E-state index in [9.17, 15) is 19.1 Å². The number of carbonyl (C=O) groups excluding carboxylic acids is 1. The third kappa shape index (κ3) is 2.42. The second kappa shape index (κ2) is 5.29. The smallest absolute Gasteiger partial charge is 0.310 e. The van der Waals surface area contributed by atoms with Crippen molar-refractivity contribution in [3.63, 3.8) is 0 Å². The maximum atomic E-state index is 13.5. The molecule has 3 rings (SSSR count). The van der Waals surface area contributed by atoms with Gasteiger partial charge in [0, 0.05) is 12.1 Å². The minimum Gasteiger partial charge on any atom is -0.481 e. The van der Waals surface area contributed by atoms with Gasteiger partial charge in [-0.2, -0.15) is 0 Å². The van der Waals surface area contributed by atoms with Gasteiger partial charge in [-0.05, 0) is 6.07 Å². The Kier molecular flexibility index (Phi) is 3.47. The zero-order valence-electron chi connectivity index (χ0n) is 11.0. The van der Waals surface area contributed by atoms with Gasteiger partial charge in [-0.25, -0.2) is 4.39 Å². The van der Waals surface area contributed by atoms with Crippen molar-refractivity contribution in [1.82, 2.24) is 5.32 Å². The molecule has 1 saturated heterocycles. The van der Waals surface area contributed by atoms with Crippen LogP contribution in [0.25, 0.3) is 0 Å². The van der Waals surface area contributed by atoms with Crippen LogP contribution >= 0.6 is 0 Å². The largest absolute Gasteiger partial charge is 0.481 e. The second-order valence-electron chi connectivity index (χ2n) is 5.15.